The first-order valence-corrected chi connectivity index (χ1v) is 9.93. The zero-order valence-corrected chi connectivity index (χ0v) is 16.2. The van der Waals surface area contributed by atoms with E-state index < -0.39 is 0 Å². The molecule has 0 aliphatic heterocycles. The van der Waals surface area contributed by atoms with Crippen LogP contribution in [-0.4, -0.2) is 0 Å². The van der Waals surface area contributed by atoms with Crippen molar-refractivity contribution in [2.45, 2.75) is 20.3 Å². The van der Waals surface area contributed by atoms with Gasteiger partial charge in [0.1, 0.15) is 0 Å². The minimum Gasteiger partial charge on any atom is -0.135 e. The number of thiophene rings is 1. The van der Waals surface area contributed by atoms with Gasteiger partial charge in [0.2, 0.25) is 0 Å². The smallest absolute Gasteiger partial charge is 0.0433 e. The molecule has 4 aromatic rings. The molecule has 4 rings (SSSR count). The zero-order chi connectivity index (χ0) is 16.7. The largest absolute Gasteiger partial charge is 0.135 e. The van der Waals surface area contributed by atoms with Crippen molar-refractivity contribution in [3.8, 4) is 11.1 Å². The van der Waals surface area contributed by atoms with Crippen molar-refractivity contribution in [1.82, 2.24) is 0 Å². The van der Waals surface area contributed by atoms with Crippen LogP contribution in [0.4, 0.5) is 0 Å². The van der Waals surface area contributed by atoms with Crippen LogP contribution in [0.25, 0.3) is 31.3 Å². The van der Waals surface area contributed by atoms with Crippen molar-refractivity contribution >= 4 is 47.4 Å². The summed E-state index contributed by atoms with van der Waals surface area (Å²) in [6, 6.07) is 22.2. The fourth-order valence-corrected chi connectivity index (χ4v) is 5.03. The Bertz CT molecular complexity index is 1030. The summed E-state index contributed by atoms with van der Waals surface area (Å²) in [7, 11) is 0. The van der Waals surface area contributed by atoms with E-state index in [0.717, 1.165) is 10.9 Å². The van der Waals surface area contributed by atoms with Gasteiger partial charge >= 0.3 is 0 Å². The Morgan fingerprint density at radius 2 is 1.75 bits per heavy atom. The van der Waals surface area contributed by atoms with Gasteiger partial charge in [-0.2, -0.15) is 0 Å². The van der Waals surface area contributed by atoms with Gasteiger partial charge < -0.3 is 0 Å². The molecule has 0 amide bonds. The van der Waals surface area contributed by atoms with Gasteiger partial charge in [-0.3, -0.25) is 0 Å². The van der Waals surface area contributed by atoms with Crippen LogP contribution in [0.2, 0.25) is 0 Å². The van der Waals surface area contributed by atoms with Gasteiger partial charge in [0.05, 0.1) is 0 Å². The molecule has 1 heterocycles. The number of rotatable bonds is 3. The second kappa shape index (κ2) is 6.34. The average Bonchev–Trinajstić information content (AvgIpc) is 2.91. The van der Waals surface area contributed by atoms with E-state index in [-0.39, 0.29) is 0 Å². The first-order valence-electron chi connectivity index (χ1n) is 8.32. The molecule has 0 nitrogen and oxygen atoms in total. The van der Waals surface area contributed by atoms with Crippen molar-refractivity contribution in [3.63, 3.8) is 0 Å². The van der Waals surface area contributed by atoms with Crippen LogP contribution < -0.4 is 0 Å². The van der Waals surface area contributed by atoms with Gasteiger partial charge in [0.15, 0.2) is 0 Å². The van der Waals surface area contributed by atoms with Crippen LogP contribution in [0.15, 0.2) is 65.1 Å². The monoisotopic (exact) mass is 394 g/mol. The van der Waals surface area contributed by atoms with E-state index in [1.165, 1.54) is 36.9 Å². The predicted octanol–water partition coefficient (Wildman–Crippen LogP) is 7.68. The first kappa shape index (κ1) is 15.9. The van der Waals surface area contributed by atoms with Crippen LogP contribution in [0, 0.1) is 5.92 Å². The Balaban J connectivity index is 1.93. The van der Waals surface area contributed by atoms with Gasteiger partial charge in [-0.05, 0) is 47.2 Å². The summed E-state index contributed by atoms with van der Waals surface area (Å²) < 4.78 is 3.90. The third kappa shape index (κ3) is 2.89. The minimum atomic E-state index is 0.689. The molecule has 0 atom stereocenters. The van der Waals surface area contributed by atoms with Crippen LogP contribution in [0.5, 0.6) is 0 Å². The Morgan fingerprint density at radius 1 is 0.917 bits per heavy atom. The normalized spacial score (nSPS) is 11.7. The Kier molecular flexibility index (Phi) is 4.19. The van der Waals surface area contributed by atoms with E-state index in [0.29, 0.717) is 5.92 Å². The van der Waals surface area contributed by atoms with Gasteiger partial charge in [0, 0.05) is 24.6 Å². The molecule has 120 valence electrons. The third-order valence-corrected chi connectivity index (χ3v) is 6.04. The molecule has 0 saturated carbocycles. The Hall–Kier alpha value is -1.64. The lowest BCUT2D eigenvalue weighted by Gasteiger charge is -2.04. The number of benzene rings is 3. The van der Waals surface area contributed by atoms with E-state index >= 15 is 0 Å². The predicted molar refractivity (Wildman–Crippen MR) is 111 cm³/mol. The van der Waals surface area contributed by atoms with E-state index in [9.17, 15) is 0 Å². The molecule has 0 spiro atoms. The fourth-order valence-electron chi connectivity index (χ4n) is 3.32. The lowest BCUT2D eigenvalue weighted by atomic mass is 10.00. The maximum absolute atomic E-state index is 3.59. The average molecular weight is 395 g/mol. The molecule has 1 aromatic heterocycles. The second-order valence-electron chi connectivity index (χ2n) is 6.72. The molecule has 0 unspecified atom stereocenters. The van der Waals surface area contributed by atoms with Crippen LogP contribution >= 0.6 is 27.3 Å². The second-order valence-corrected chi connectivity index (χ2v) is 8.69. The molecule has 0 aliphatic rings. The molecule has 0 bridgehead atoms. The molecular weight excluding hydrogens is 376 g/mol. The van der Waals surface area contributed by atoms with E-state index in [4.69, 9.17) is 0 Å². The maximum Gasteiger partial charge on any atom is 0.0433 e. The standard InChI is InChI=1S/C22H19BrS/c1-14(2)11-15-9-10-19-20-8-4-7-18(22(20)24-21(19)12-15)16-5-3-6-17(23)13-16/h3-10,12-14H,11H2,1-2H3. The van der Waals surface area contributed by atoms with E-state index in [1.807, 2.05) is 11.3 Å². The summed E-state index contributed by atoms with van der Waals surface area (Å²) in [4.78, 5) is 0. The highest BCUT2D eigenvalue weighted by atomic mass is 79.9. The van der Waals surface area contributed by atoms with Gasteiger partial charge in [-0.1, -0.05) is 72.2 Å². The van der Waals surface area contributed by atoms with Crippen molar-refractivity contribution in [1.29, 1.82) is 0 Å². The Labute approximate surface area is 155 Å². The lowest BCUT2D eigenvalue weighted by molar-refractivity contribution is 0.648. The quantitative estimate of drug-likeness (QED) is 0.334. The SMILES string of the molecule is CC(C)Cc1ccc2c(c1)sc1c(-c3cccc(Br)c3)cccc12. The number of halogens is 1. The zero-order valence-electron chi connectivity index (χ0n) is 13.8. The Morgan fingerprint density at radius 3 is 2.54 bits per heavy atom. The summed E-state index contributed by atoms with van der Waals surface area (Å²) in [5.74, 6) is 0.689. The number of fused-ring (bicyclic) bond motifs is 3. The summed E-state index contributed by atoms with van der Waals surface area (Å²) in [6.07, 6.45) is 1.14. The fraction of sp³-hybridized carbons (Fsp3) is 0.182. The van der Waals surface area contributed by atoms with Crippen molar-refractivity contribution < 1.29 is 0 Å². The highest BCUT2D eigenvalue weighted by Gasteiger charge is 2.11. The summed E-state index contributed by atoms with van der Waals surface area (Å²) in [5, 5.41) is 2.74. The lowest BCUT2D eigenvalue weighted by Crippen LogP contribution is -1.92. The minimum absolute atomic E-state index is 0.689. The molecule has 0 fully saturated rings. The first-order chi connectivity index (χ1) is 11.6. The number of hydrogen-bond donors (Lipinski definition) is 0. The molecule has 0 saturated heterocycles. The summed E-state index contributed by atoms with van der Waals surface area (Å²) >= 11 is 5.51. The maximum atomic E-state index is 3.59. The third-order valence-electron chi connectivity index (χ3n) is 4.34. The molecule has 0 radical (unpaired) electrons. The van der Waals surface area contributed by atoms with Crippen molar-refractivity contribution in [3.05, 3.63) is 70.7 Å². The number of hydrogen-bond acceptors (Lipinski definition) is 1. The van der Waals surface area contributed by atoms with Gasteiger partial charge in [0.25, 0.3) is 0 Å². The van der Waals surface area contributed by atoms with Crippen LogP contribution in [0.1, 0.15) is 19.4 Å². The van der Waals surface area contributed by atoms with Crippen LogP contribution in [-0.2, 0) is 6.42 Å². The molecule has 0 N–H and O–H groups in total. The van der Waals surface area contributed by atoms with Crippen molar-refractivity contribution in [2.24, 2.45) is 5.92 Å². The molecule has 2 heteroatoms. The topological polar surface area (TPSA) is 0 Å². The molecular formula is C22H19BrS. The van der Waals surface area contributed by atoms with E-state index in [2.05, 4.69) is 90.4 Å². The van der Waals surface area contributed by atoms with E-state index in [1.54, 1.807) is 0 Å². The highest BCUT2D eigenvalue weighted by Crippen LogP contribution is 2.40. The molecule has 24 heavy (non-hydrogen) atoms. The highest BCUT2D eigenvalue weighted by molar-refractivity contribution is 9.10. The van der Waals surface area contributed by atoms with Crippen molar-refractivity contribution in [2.75, 3.05) is 0 Å². The summed E-state index contributed by atoms with van der Waals surface area (Å²) in [6.45, 7) is 4.56. The molecule has 3 aromatic carbocycles. The summed E-state index contributed by atoms with van der Waals surface area (Å²) in [5.41, 5.74) is 4.03. The molecule has 0 aliphatic carbocycles. The van der Waals surface area contributed by atoms with Gasteiger partial charge in [-0.25, -0.2) is 0 Å². The van der Waals surface area contributed by atoms with Gasteiger partial charge in [-0.15, -0.1) is 11.3 Å². The van der Waals surface area contributed by atoms with Crippen LogP contribution in [0.3, 0.4) is 0 Å².